The first-order valence-corrected chi connectivity index (χ1v) is 8.14. The van der Waals surface area contributed by atoms with Crippen LogP contribution in [0.2, 0.25) is 0 Å². The third kappa shape index (κ3) is 5.53. The Morgan fingerprint density at radius 3 is 2.68 bits per heavy atom. The maximum absolute atomic E-state index is 5.21. The lowest BCUT2D eigenvalue weighted by Gasteiger charge is -2.07. The van der Waals surface area contributed by atoms with E-state index in [4.69, 9.17) is 4.74 Å². The van der Waals surface area contributed by atoms with Gasteiger partial charge in [-0.3, -0.25) is 0 Å². The molecule has 106 valence electrons. The molecule has 0 saturated heterocycles. The summed E-state index contributed by atoms with van der Waals surface area (Å²) in [7, 11) is 1.71. The first-order chi connectivity index (χ1) is 9.29. The fourth-order valence-electron chi connectivity index (χ4n) is 2.25. The highest BCUT2D eigenvalue weighted by molar-refractivity contribution is 9.10. The molecular formula is C16H24BrNO. The molecule has 2 nitrogen and oxygen atoms in total. The van der Waals surface area contributed by atoms with Crippen LogP contribution in [0, 0.1) is 0 Å². The molecule has 0 aromatic heterocycles. The lowest BCUT2D eigenvalue weighted by molar-refractivity contribution is 0.414. The summed E-state index contributed by atoms with van der Waals surface area (Å²) in [5.41, 5.74) is 1.39. The molecule has 1 N–H and O–H groups in total. The average molecular weight is 326 g/mol. The third-order valence-corrected chi connectivity index (χ3v) is 4.38. The van der Waals surface area contributed by atoms with Gasteiger partial charge in [0.15, 0.2) is 0 Å². The fraction of sp³-hybridized carbons (Fsp3) is 0.625. The Morgan fingerprint density at radius 1 is 1.21 bits per heavy atom. The molecule has 19 heavy (non-hydrogen) atoms. The number of benzene rings is 1. The second-order valence-electron chi connectivity index (χ2n) is 5.35. The molecule has 2 rings (SSSR count). The number of unbranched alkanes of at least 4 members (excludes halogenated alkanes) is 3. The summed E-state index contributed by atoms with van der Waals surface area (Å²) in [6.07, 6.45) is 9.20. The van der Waals surface area contributed by atoms with E-state index in [1.807, 2.05) is 6.07 Å². The largest absolute Gasteiger partial charge is 0.497 e. The van der Waals surface area contributed by atoms with Crippen molar-refractivity contribution in [3.63, 3.8) is 0 Å². The van der Waals surface area contributed by atoms with E-state index in [-0.39, 0.29) is 0 Å². The second-order valence-corrected chi connectivity index (χ2v) is 6.20. The number of hydrogen-bond acceptors (Lipinski definition) is 2. The Kier molecular flexibility index (Phi) is 6.18. The van der Waals surface area contributed by atoms with Crippen LogP contribution in [0.25, 0.3) is 0 Å². The topological polar surface area (TPSA) is 21.3 Å². The zero-order valence-electron chi connectivity index (χ0n) is 11.8. The van der Waals surface area contributed by atoms with Crippen LogP contribution in [0.1, 0.15) is 44.1 Å². The van der Waals surface area contributed by atoms with Gasteiger partial charge >= 0.3 is 0 Å². The van der Waals surface area contributed by atoms with E-state index in [9.17, 15) is 0 Å². The molecule has 1 aliphatic carbocycles. The highest BCUT2D eigenvalue weighted by Gasteiger charge is 2.19. The number of halogens is 1. The van der Waals surface area contributed by atoms with Crippen LogP contribution in [-0.2, 0) is 6.42 Å². The minimum Gasteiger partial charge on any atom is -0.497 e. The minimum atomic E-state index is 0.857. The molecule has 0 radical (unpaired) electrons. The lowest BCUT2D eigenvalue weighted by atomic mass is 10.1. The monoisotopic (exact) mass is 325 g/mol. The molecule has 0 unspecified atom stereocenters. The lowest BCUT2D eigenvalue weighted by Crippen LogP contribution is -2.17. The van der Waals surface area contributed by atoms with Gasteiger partial charge < -0.3 is 10.1 Å². The van der Waals surface area contributed by atoms with Crippen LogP contribution in [0.4, 0.5) is 0 Å². The van der Waals surface area contributed by atoms with Gasteiger partial charge in [0.1, 0.15) is 5.75 Å². The molecule has 0 atom stereocenters. The summed E-state index contributed by atoms with van der Waals surface area (Å²) >= 11 is 3.61. The minimum absolute atomic E-state index is 0.857. The summed E-state index contributed by atoms with van der Waals surface area (Å²) in [6.45, 7) is 1.21. The van der Waals surface area contributed by atoms with Crippen LogP contribution < -0.4 is 10.1 Å². The van der Waals surface area contributed by atoms with E-state index in [1.54, 1.807) is 7.11 Å². The molecule has 0 heterocycles. The van der Waals surface area contributed by atoms with E-state index in [0.717, 1.165) is 18.2 Å². The average Bonchev–Trinajstić information content (AvgIpc) is 3.23. The Bertz CT molecular complexity index is 390. The van der Waals surface area contributed by atoms with Gasteiger partial charge in [-0.25, -0.2) is 0 Å². The third-order valence-electron chi connectivity index (χ3n) is 3.64. The van der Waals surface area contributed by atoms with Crippen molar-refractivity contribution in [3.8, 4) is 5.75 Å². The molecule has 1 aromatic carbocycles. The Morgan fingerprint density at radius 2 is 2.00 bits per heavy atom. The van der Waals surface area contributed by atoms with Gasteiger partial charge in [-0.1, -0.05) is 34.8 Å². The molecule has 1 aromatic rings. The molecule has 0 bridgehead atoms. The number of ether oxygens (including phenoxy) is 1. The predicted molar refractivity (Wildman–Crippen MR) is 83.9 cm³/mol. The van der Waals surface area contributed by atoms with E-state index in [1.165, 1.54) is 55.1 Å². The molecule has 1 aliphatic rings. The summed E-state index contributed by atoms with van der Waals surface area (Å²) in [4.78, 5) is 0. The van der Waals surface area contributed by atoms with Crippen molar-refractivity contribution in [3.05, 3.63) is 28.2 Å². The number of hydrogen-bond donors (Lipinski definition) is 1. The van der Waals surface area contributed by atoms with Crippen LogP contribution in [-0.4, -0.2) is 19.7 Å². The number of nitrogens with one attached hydrogen (secondary N) is 1. The second kappa shape index (κ2) is 7.91. The molecule has 3 heteroatoms. The van der Waals surface area contributed by atoms with Gasteiger partial charge in [-0.05, 0) is 56.3 Å². The maximum Gasteiger partial charge on any atom is 0.120 e. The molecule has 0 spiro atoms. The fourth-order valence-corrected chi connectivity index (χ4v) is 2.80. The van der Waals surface area contributed by atoms with Gasteiger partial charge in [0.05, 0.1) is 7.11 Å². The molecule has 1 fully saturated rings. The zero-order valence-corrected chi connectivity index (χ0v) is 13.3. The van der Waals surface area contributed by atoms with Crippen molar-refractivity contribution in [2.24, 2.45) is 0 Å². The zero-order chi connectivity index (χ0) is 13.5. The normalized spacial score (nSPS) is 14.6. The summed E-state index contributed by atoms with van der Waals surface area (Å²) < 4.78 is 6.38. The van der Waals surface area contributed by atoms with Gasteiger partial charge in [-0.15, -0.1) is 0 Å². The van der Waals surface area contributed by atoms with E-state index >= 15 is 0 Å². The number of rotatable bonds is 9. The molecule has 1 saturated carbocycles. The van der Waals surface area contributed by atoms with Crippen LogP contribution in [0.5, 0.6) is 5.75 Å². The van der Waals surface area contributed by atoms with Crippen molar-refractivity contribution in [1.82, 2.24) is 5.32 Å². The summed E-state index contributed by atoms with van der Waals surface area (Å²) in [6, 6.07) is 7.11. The SMILES string of the molecule is COc1ccc(CCCCCCNC2CC2)c(Br)c1. The van der Waals surface area contributed by atoms with Crippen LogP contribution >= 0.6 is 15.9 Å². The van der Waals surface area contributed by atoms with Crippen LogP contribution in [0.15, 0.2) is 22.7 Å². The summed E-state index contributed by atoms with van der Waals surface area (Å²) in [5, 5.41) is 3.57. The predicted octanol–water partition coefficient (Wildman–Crippen LogP) is 4.31. The molecule has 0 amide bonds. The highest BCUT2D eigenvalue weighted by atomic mass is 79.9. The Balaban J connectivity index is 1.56. The number of aryl methyl sites for hydroxylation is 1. The van der Waals surface area contributed by atoms with E-state index in [2.05, 4.69) is 33.4 Å². The van der Waals surface area contributed by atoms with E-state index < -0.39 is 0 Å². The van der Waals surface area contributed by atoms with Crippen LogP contribution in [0.3, 0.4) is 0 Å². The molecule has 0 aliphatic heterocycles. The first-order valence-electron chi connectivity index (χ1n) is 7.35. The quantitative estimate of drug-likeness (QED) is 0.683. The number of methoxy groups -OCH3 is 1. The Labute approximate surface area is 125 Å². The molecular weight excluding hydrogens is 302 g/mol. The van der Waals surface area contributed by atoms with Crippen molar-refractivity contribution in [2.75, 3.05) is 13.7 Å². The van der Waals surface area contributed by atoms with Crippen molar-refractivity contribution in [1.29, 1.82) is 0 Å². The first kappa shape index (κ1) is 14.9. The standard InChI is InChI=1S/C16H24BrNO/c1-19-15-10-7-13(16(17)12-15)6-4-2-3-5-11-18-14-8-9-14/h7,10,12,14,18H,2-6,8-9,11H2,1H3. The van der Waals surface area contributed by atoms with Crippen molar-refractivity contribution < 1.29 is 4.74 Å². The van der Waals surface area contributed by atoms with Gasteiger partial charge in [-0.2, -0.15) is 0 Å². The van der Waals surface area contributed by atoms with Crippen molar-refractivity contribution in [2.45, 2.75) is 51.0 Å². The smallest absolute Gasteiger partial charge is 0.120 e. The summed E-state index contributed by atoms with van der Waals surface area (Å²) in [5.74, 6) is 0.918. The van der Waals surface area contributed by atoms with Gasteiger partial charge in [0, 0.05) is 10.5 Å². The maximum atomic E-state index is 5.21. The van der Waals surface area contributed by atoms with Crippen molar-refractivity contribution >= 4 is 15.9 Å². The van der Waals surface area contributed by atoms with E-state index in [0.29, 0.717) is 0 Å². The van der Waals surface area contributed by atoms with Gasteiger partial charge in [0.25, 0.3) is 0 Å². The Hall–Kier alpha value is -0.540. The van der Waals surface area contributed by atoms with Gasteiger partial charge in [0.2, 0.25) is 0 Å². The highest BCUT2D eigenvalue weighted by Crippen LogP contribution is 2.24.